The van der Waals surface area contributed by atoms with Crippen LogP contribution >= 0.6 is 23.2 Å². The molecule has 0 heterocycles. The van der Waals surface area contributed by atoms with Crippen molar-refractivity contribution in [2.75, 3.05) is 4.31 Å². The lowest BCUT2D eigenvalue weighted by atomic mass is 10.2. The van der Waals surface area contributed by atoms with Gasteiger partial charge in [0, 0.05) is 5.02 Å². The molecule has 128 valence electrons. The topological polar surface area (TPSA) is 54.5 Å². The molecule has 1 unspecified atom stereocenters. The highest BCUT2D eigenvalue weighted by atomic mass is 35.5. The Morgan fingerprint density at radius 3 is 2.29 bits per heavy atom. The van der Waals surface area contributed by atoms with Gasteiger partial charge in [-0.05, 0) is 67.4 Å². The maximum atomic E-state index is 13.1. The molecule has 0 amide bonds. The summed E-state index contributed by atoms with van der Waals surface area (Å²) in [6, 6.07) is 7.86. The van der Waals surface area contributed by atoms with Gasteiger partial charge in [-0.2, -0.15) is 0 Å². The summed E-state index contributed by atoms with van der Waals surface area (Å²) < 4.78 is 40.0. The van der Waals surface area contributed by atoms with E-state index in [0.29, 0.717) is 10.6 Å². The van der Waals surface area contributed by atoms with E-state index in [-0.39, 0.29) is 10.6 Å². The molecule has 1 atom stereocenters. The molecule has 0 aliphatic heterocycles. The molecule has 0 spiro atoms. The molecule has 2 aromatic rings. The van der Waals surface area contributed by atoms with E-state index in [9.17, 15) is 17.6 Å². The molecule has 0 radical (unpaired) electrons. The lowest BCUT2D eigenvalue weighted by molar-refractivity contribution is -0.112. The summed E-state index contributed by atoms with van der Waals surface area (Å²) in [5.41, 5.74) is 0.711. The fourth-order valence-electron chi connectivity index (χ4n) is 2.19. The highest BCUT2D eigenvalue weighted by Gasteiger charge is 2.33. The van der Waals surface area contributed by atoms with Gasteiger partial charge in [0.2, 0.25) is 5.24 Å². The van der Waals surface area contributed by atoms with Gasteiger partial charge in [-0.1, -0.05) is 17.7 Å². The Morgan fingerprint density at radius 1 is 1.17 bits per heavy atom. The number of carbonyl (C=O) groups excluding carboxylic acids is 1. The van der Waals surface area contributed by atoms with Crippen molar-refractivity contribution < 1.29 is 17.6 Å². The monoisotopic (exact) mass is 389 g/mol. The van der Waals surface area contributed by atoms with Gasteiger partial charge in [0.15, 0.2) is 0 Å². The molecular weight excluding hydrogens is 376 g/mol. The molecule has 0 N–H and O–H groups in total. The first kappa shape index (κ1) is 18.7. The van der Waals surface area contributed by atoms with E-state index in [1.807, 2.05) is 0 Å². The van der Waals surface area contributed by atoms with E-state index in [4.69, 9.17) is 23.2 Å². The third-order valence-corrected chi connectivity index (χ3v) is 6.15. The van der Waals surface area contributed by atoms with Crippen LogP contribution in [0.15, 0.2) is 47.4 Å². The van der Waals surface area contributed by atoms with Crippen LogP contribution in [0.2, 0.25) is 5.02 Å². The lowest BCUT2D eigenvalue weighted by Gasteiger charge is -2.29. The van der Waals surface area contributed by atoms with Crippen molar-refractivity contribution >= 4 is 44.2 Å². The summed E-state index contributed by atoms with van der Waals surface area (Å²) in [6.45, 7) is 3.01. The van der Waals surface area contributed by atoms with E-state index < -0.39 is 27.1 Å². The first-order valence-electron chi connectivity index (χ1n) is 6.90. The van der Waals surface area contributed by atoms with Gasteiger partial charge < -0.3 is 0 Å². The SMILES string of the molecule is Cc1c(Cl)cccc1N(C(C)C(=O)Cl)S(=O)(=O)c1ccc(F)cc1. The summed E-state index contributed by atoms with van der Waals surface area (Å²) in [7, 11) is -4.15. The molecule has 0 aromatic heterocycles. The molecule has 2 aromatic carbocycles. The van der Waals surface area contributed by atoms with Gasteiger partial charge in [0.05, 0.1) is 10.6 Å². The van der Waals surface area contributed by atoms with Crippen LogP contribution in [0.3, 0.4) is 0 Å². The van der Waals surface area contributed by atoms with Crippen LogP contribution in [0, 0.1) is 12.7 Å². The predicted octanol–water partition coefficient (Wildman–Crippen LogP) is 4.14. The minimum absolute atomic E-state index is 0.159. The highest BCUT2D eigenvalue weighted by molar-refractivity contribution is 7.93. The van der Waals surface area contributed by atoms with E-state index in [1.165, 1.54) is 13.0 Å². The van der Waals surface area contributed by atoms with Gasteiger partial charge >= 0.3 is 0 Å². The van der Waals surface area contributed by atoms with Gasteiger partial charge in [-0.15, -0.1) is 0 Å². The number of hydrogen-bond donors (Lipinski definition) is 0. The van der Waals surface area contributed by atoms with Crippen LogP contribution in [0.5, 0.6) is 0 Å². The minimum atomic E-state index is -4.15. The van der Waals surface area contributed by atoms with E-state index in [2.05, 4.69) is 0 Å². The summed E-state index contributed by atoms with van der Waals surface area (Å²) in [6.07, 6.45) is 0. The Balaban J connectivity index is 2.69. The summed E-state index contributed by atoms with van der Waals surface area (Å²) in [5.74, 6) is -0.569. The van der Waals surface area contributed by atoms with Crippen molar-refractivity contribution in [1.29, 1.82) is 0 Å². The lowest BCUT2D eigenvalue weighted by Crippen LogP contribution is -2.42. The summed E-state index contributed by atoms with van der Waals surface area (Å²) in [5, 5.41) is -0.499. The van der Waals surface area contributed by atoms with Crippen LogP contribution in [-0.4, -0.2) is 19.7 Å². The smallest absolute Gasteiger partial charge is 0.265 e. The molecule has 0 saturated carbocycles. The molecule has 24 heavy (non-hydrogen) atoms. The van der Waals surface area contributed by atoms with Crippen molar-refractivity contribution in [1.82, 2.24) is 0 Å². The molecule has 2 rings (SSSR count). The number of anilines is 1. The number of benzene rings is 2. The second-order valence-electron chi connectivity index (χ2n) is 5.12. The Hall–Kier alpha value is -1.63. The largest absolute Gasteiger partial charge is 0.279 e. The van der Waals surface area contributed by atoms with Crippen molar-refractivity contribution in [3.05, 3.63) is 58.9 Å². The Bertz CT molecular complexity index is 869. The van der Waals surface area contributed by atoms with E-state index >= 15 is 0 Å². The van der Waals surface area contributed by atoms with Crippen molar-refractivity contribution in [3.63, 3.8) is 0 Å². The highest BCUT2D eigenvalue weighted by Crippen LogP contribution is 2.33. The second kappa shape index (κ2) is 7.09. The standard InChI is InChI=1S/C16H14Cl2FNO3S/c1-10-14(17)4-3-5-15(10)20(11(2)16(18)21)24(22,23)13-8-6-12(19)7-9-13/h3-9,11H,1-2H3. The zero-order valence-electron chi connectivity index (χ0n) is 12.8. The second-order valence-corrected chi connectivity index (χ2v) is 7.71. The molecule has 4 nitrogen and oxygen atoms in total. The Morgan fingerprint density at radius 2 is 1.75 bits per heavy atom. The van der Waals surface area contributed by atoms with Crippen molar-refractivity contribution in [2.45, 2.75) is 24.8 Å². The third kappa shape index (κ3) is 3.55. The predicted molar refractivity (Wildman–Crippen MR) is 92.6 cm³/mol. The third-order valence-electron chi connectivity index (χ3n) is 3.53. The Labute approximate surface area is 149 Å². The molecule has 0 saturated heterocycles. The Kier molecular flexibility index (Phi) is 5.52. The molecule has 8 heteroatoms. The van der Waals surface area contributed by atoms with Gasteiger partial charge in [-0.25, -0.2) is 12.8 Å². The summed E-state index contributed by atoms with van der Waals surface area (Å²) in [4.78, 5) is 11.5. The van der Waals surface area contributed by atoms with Crippen LogP contribution in [-0.2, 0) is 14.8 Å². The first-order chi connectivity index (χ1) is 11.2. The first-order valence-corrected chi connectivity index (χ1v) is 9.10. The average Bonchev–Trinajstić information content (AvgIpc) is 2.51. The van der Waals surface area contributed by atoms with Gasteiger partial charge in [0.1, 0.15) is 11.9 Å². The molecule has 0 bridgehead atoms. The van der Waals surface area contributed by atoms with Crippen LogP contribution in [0.4, 0.5) is 10.1 Å². The summed E-state index contributed by atoms with van der Waals surface area (Å²) >= 11 is 11.6. The van der Waals surface area contributed by atoms with Crippen LogP contribution < -0.4 is 4.31 Å². The number of rotatable bonds is 5. The number of hydrogen-bond acceptors (Lipinski definition) is 3. The zero-order valence-corrected chi connectivity index (χ0v) is 15.2. The van der Waals surface area contributed by atoms with E-state index in [0.717, 1.165) is 28.6 Å². The minimum Gasteiger partial charge on any atom is -0.279 e. The van der Waals surface area contributed by atoms with Crippen LogP contribution in [0.1, 0.15) is 12.5 Å². The van der Waals surface area contributed by atoms with Crippen molar-refractivity contribution in [2.24, 2.45) is 0 Å². The van der Waals surface area contributed by atoms with Gasteiger partial charge in [0.25, 0.3) is 10.0 Å². The zero-order chi connectivity index (χ0) is 18.1. The maximum Gasteiger partial charge on any atom is 0.265 e. The van der Waals surface area contributed by atoms with Gasteiger partial charge in [-0.3, -0.25) is 9.10 Å². The molecule has 0 aliphatic carbocycles. The fraction of sp³-hybridized carbons (Fsp3) is 0.188. The quantitative estimate of drug-likeness (QED) is 0.722. The molecule has 0 fully saturated rings. The fourth-order valence-corrected chi connectivity index (χ4v) is 4.19. The molecule has 0 aliphatic rings. The average molecular weight is 390 g/mol. The van der Waals surface area contributed by atoms with E-state index in [1.54, 1.807) is 19.1 Å². The normalized spacial score (nSPS) is 12.7. The van der Waals surface area contributed by atoms with Crippen molar-refractivity contribution in [3.8, 4) is 0 Å². The maximum absolute atomic E-state index is 13.1. The number of nitrogens with zero attached hydrogens (tertiary/aromatic N) is 1. The number of carbonyl (C=O) groups is 1. The number of sulfonamides is 1. The molecular formula is C16H14Cl2FNO3S. The van der Waals surface area contributed by atoms with Crippen LogP contribution in [0.25, 0.3) is 0 Å². The number of halogens is 3.